The molecule has 0 aromatic rings. The maximum absolute atomic E-state index is 12.7. The molecule has 7 heteroatoms. The Morgan fingerprint density at radius 1 is 1.10 bits per heavy atom. The second-order valence-electron chi connectivity index (χ2n) is 6.64. The van der Waals surface area contributed by atoms with E-state index < -0.39 is 10.2 Å². The number of rotatable bonds is 5. The lowest BCUT2D eigenvalue weighted by molar-refractivity contribution is 0.196. The van der Waals surface area contributed by atoms with Crippen LogP contribution in [0, 0.1) is 5.92 Å². The average Bonchev–Trinajstić information content (AvgIpc) is 2.46. The Labute approximate surface area is 129 Å². The van der Waals surface area contributed by atoms with Gasteiger partial charge in [-0.05, 0) is 32.4 Å². The van der Waals surface area contributed by atoms with Crippen LogP contribution in [0.5, 0.6) is 0 Å². The Kier molecular flexibility index (Phi) is 6.02. The molecule has 1 unspecified atom stereocenters. The molecule has 1 atom stereocenters. The van der Waals surface area contributed by atoms with E-state index >= 15 is 0 Å². The molecule has 2 saturated heterocycles. The quantitative estimate of drug-likeness (QED) is 0.786. The molecule has 2 aliphatic heterocycles. The minimum absolute atomic E-state index is 0.434. The van der Waals surface area contributed by atoms with Crippen LogP contribution >= 0.6 is 0 Å². The van der Waals surface area contributed by atoms with E-state index in [-0.39, 0.29) is 0 Å². The summed E-state index contributed by atoms with van der Waals surface area (Å²) < 4.78 is 28.8. The predicted octanol–water partition coefficient (Wildman–Crippen LogP) is 0.189. The van der Waals surface area contributed by atoms with Crippen molar-refractivity contribution in [2.45, 2.75) is 32.7 Å². The summed E-state index contributed by atoms with van der Waals surface area (Å²) in [6.07, 6.45) is 2.09. The van der Waals surface area contributed by atoms with E-state index in [4.69, 9.17) is 0 Å². The number of likely N-dealkylation sites (N-methyl/N-ethyl adjacent to an activating group) is 1. The molecule has 0 bridgehead atoms. The zero-order chi connectivity index (χ0) is 15.5. The topological polar surface area (TPSA) is 55.9 Å². The SMILES string of the molecule is CC(C)NCC1CCCN(S(=O)(=O)N2CCN(C)CC2)C1. The number of nitrogens with zero attached hydrogens (tertiary/aromatic N) is 3. The molecule has 0 aliphatic carbocycles. The van der Waals surface area contributed by atoms with Gasteiger partial charge < -0.3 is 10.2 Å². The zero-order valence-electron chi connectivity index (χ0n) is 13.6. The van der Waals surface area contributed by atoms with Crippen molar-refractivity contribution >= 4 is 10.2 Å². The molecule has 124 valence electrons. The van der Waals surface area contributed by atoms with Crippen molar-refractivity contribution in [1.82, 2.24) is 18.8 Å². The molecule has 0 radical (unpaired) electrons. The predicted molar refractivity (Wildman–Crippen MR) is 85.4 cm³/mol. The highest BCUT2D eigenvalue weighted by molar-refractivity contribution is 7.86. The largest absolute Gasteiger partial charge is 0.314 e. The van der Waals surface area contributed by atoms with Gasteiger partial charge in [0.2, 0.25) is 0 Å². The summed E-state index contributed by atoms with van der Waals surface area (Å²) in [4.78, 5) is 2.18. The number of nitrogens with one attached hydrogen (secondary N) is 1. The second kappa shape index (κ2) is 7.37. The van der Waals surface area contributed by atoms with E-state index in [0.29, 0.717) is 38.1 Å². The first kappa shape index (κ1) is 17.1. The fourth-order valence-corrected chi connectivity index (χ4v) is 4.70. The third kappa shape index (κ3) is 4.63. The van der Waals surface area contributed by atoms with E-state index in [0.717, 1.165) is 32.5 Å². The first-order valence-corrected chi connectivity index (χ1v) is 9.46. The van der Waals surface area contributed by atoms with Gasteiger partial charge in [-0.15, -0.1) is 0 Å². The van der Waals surface area contributed by atoms with Crippen molar-refractivity contribution in [2.24, 2.45) is 5.92 Å². The van der Waals surface area contributed by atoms with Gasteiger partial charge in [0.25, 0.3) is 10.2 Å². The molecule has 2 fully saturated rings. The second-order valence-corrected chi connectivity index (χ2v) is 8.57. The lowest BCUT2D eigenvalue weighted by Crippen LogP contribution is -2.54. The van der Waals surface area contributed by atoms with Gasteiger partial charge >= 0.3 is 0 Å². The molecule has 2 heterocycles. The Morgan fingerprint density at radius 3 is 2.38 bits per heavy atom. The highest BCUT2D eigenvalue weighted by Gasteiger charge is 2.34. The van der Waals surface area contributed by atoms with Crippen molar-refractivity contribution < 1.29 is 8.42 Å². The normalized spacial score (nSPS) is 27.3. The summed E-state index contributed by atoms with van der Waals surface area (Å²) in [5, 5.41) is 3.43. The minimum atomic E-state index is -3.27. The van der Waals surface area contributed by atoms with Crippen LogP contribution in [0.25, 0.3) is 0 Å². The smallest absolute Gasteiger partial charge is 0.282 e. The number of piperazine rings is 1. The van der Waals surface area contributed by atoms with Crippen LogP contribution in [0.15, 0.2) is 0 Å². The molecule has 0 saturated carbocycles. The van der Waals surface area contributed by atoms with E-state index in [1.165, 1.54) is 0 Å². The number of piperidine rings is 1. The molecule has 1 N–H and O–H groups in total. The first-order valence-electron chi connectivity index (χ1n) is 8.06. The van der Waals surface area contributed by atoms with Crippen molar-refractivity contribution in [2.75, 3.05) is 52.9 Å². The van der Waals surface area contributed by atoms with Gasteiger partial charge in [-0.2, -0.15) is 17.0 Å². The lowest BCUT2D eigenvalue weighted by Gasteiger charge is -2.38. The van der Waals surface area contributed by atoms with Gasteiger partial charge in [0.15, 0.2) is 0 Å². The average molecular weight is 318 g/mol. The summed E-state index contributed by atoms with van der Waals surface area (Å²) in [7, 11) is -1.23. The molecule has 0 aromatic carbocycles. The summed E-state index contributed by atoms with van der Waals surface area (Å²) in [6.45, 7) is 9.38. The zero-order valence-corrected chi connectivity index (χ0v) is 14.4. The fourth-order valence-electron chi connectivity index (χ4n) is 2.99. The minimum Gasteiger partial charge on any atom is -0.314 e. The third-order valence-corrected chi connectivity index (χ3v) is 6.41. The van der Waals surface area contributed by atoms with E-state index in [2.05, 4.69) is 24.1 Å². The Hall–Kier alpha value is -0.210. The van der Waals surface area contributed by atoms with Crippen LogP contribution in [-0.2, 0) is 10.2 Å². The molecule has 6 nitrogen and oxygen atoms in total. The van der Waals surface area contributed by atoms with Gasteiger partial charge in [0.1, 0.15) is 0 Å². The van der Waals surface area contributed by atoms with Gasteiger partial charge in [-0.25, -0.2) is 0 Å². The molecule has 2 rings (SSSR count). The molecule has 21 heavy (non-hydrogen) atoms. The Morgan fingerprint density at radius 2 is 1.76 bits per heavy atom. The van der Waals surface area contributed by atoms with Crippen molar-refractivity contribution in [3.63, 3.8) is 0 Å². The van der Waals surface area contributed by atoms with Crippen LogP contribution in [0.4, 0.5) is 0 Å². The van der Waals surface area contributed by atoms with E-state index in [1.807, 2.05) is 7.05 Å². The number of hydrogen-bond acceptors (Lipinski definition) is 4. The Balaban J connectivity index is 1.93. The summed E-state index contributed by atoms with van der Waals surface area (Å²) in [5.41, 5.74) is 0. The molecule has 2 aliphatic rings. The molecular weight excluding hydrogens is 288 g/mol. The van der Waals surface area contributed by atoms with Crippen LogP contribution in [0.1, 0.15) is 26.7 Å². The highest BCUT2D eigenvalue weighted by atomic mass is 32.2. The Bertz CT molecular complexity index is 419. The molecular formula is C14H30N4O2S. The molecule has 0 spiro atoms. The van der Waals surface area contributed by atoms with Gasteiger partial charge in [0, 0.05) is 45.3 Å². The summed E-state index contributed by atoms with van der Waals surface area (Å²) in [5.74, 6) is 0.434. The van der Waals surface area contributed by atoms with Crippen molar-refractivity contribution in [1.29, 1.82) is 0 Å². The van der Waals surface area contributed by atoms with E-state index in [9.17, 15) is 8.42 Å². The van der Waals surface area contributed by atoms with Gasteiger partial charge in [-0.3, -0.25) is 0 Å². The van der Waals surface area contributed by atoms with Crippen molar-refractivity contribution in [3.05, 3.63) is 0 Å². The highest BCUT2D eigenvalue weighted by Crippen LogP contribution is 2.21. The maximum atomic E-state index is 12.7. The molecule has 0 aromatic heterocycles. The first-order chi connectivity index (χ1) is 9.89. The fraction of sp³-hybridized carbons (Fsp3) is 1.00. The summed E-state index contributed by atoms with van der Waals surface area (Å²) in [6, 6.07) is 0.453. The van der Waals surface area contributed by atoms with Crippen LogP contribution in [-0.4, -0.2) is 80.8 Å². The van der Waals surface area contributed by atoms with Crippen LogP contribution in [0.3, 0.4) is 0 Å². The van der Waals surface area contributed by atoms with Gasteiger partial charge in [0.05, 0.1) is 0 Å². The van der Waals surface area contributed by atoms with Gasteiger partial charge in [-0.1, -0.05) is 13.8 Å². The third-order valence-electron chi connectivity index (χ3n) is 4.41. The number of hydrogen-bond donors (Lipinski definition) is 1. The summed E-state index contributed by atoms with van der Waals surface area (Å²) >= 11 is 0. The monoisotopic (exact) mass is 318 g/mol. The standard InChI is InChI=1S/C14H30N4O2S/c1-13(2)15-11-14-5-4-6-18(12-14)21(19,20)17-9-7-16(3)8-10-17/h13-15H,4-12H2,1-3H3. The van der Waals surface area contributed by atoms with Crippen LogP contribution < -0.4 is 5.32 Å². The molecule has 0 amide bonds. The van der Waals surface area contributed by atoms with E-state index in [1.54, 1.807) is 8.61 Å². The maximum Gasteiger partial charge on any atom is 0.282 e. The van der Waals surface area contributed by atoms with Crippen molar-refractivity contribution in [3.8, 4) is 0 Å². The van der Waals surface area contributed by atoms with Crippen LogP contribution in [0.2, 0.25) is 0 Å². The lowest BCUT2D eigenvalue weighted by atomic mass is 9.99.